The molecule has 9 heteroatoms. The predicted octanol–water partition coefficient (Wildman–Crippen LogP) is 1.58. The summed E-state index contributed by atoms with van der Waals surface area (Å²) in [4.78, 5) is 24.3. The van der Waals surface area contributed by atoms with Crippen LogP contribution in [0, 0.1) is 5.92 Å². The Hall–Kier alpha value is -2.29. The molecule has 0 bridgehead atoms. The van der Waals surface area contributed by atoms with E-state index in [2.05, 4.69) is 5.32 Å². The Labute approximate surface area is 165 Å². The smallest absolute Gasteiger partial charge is 0.338 e. The Morgan fingerprint density at radius 2 is 1.96 bits per heavy atom. The van der Waals surface area contributed by atoms with Gasteiger partial charge in [0.2, 0.25) is 0 Å². The lowest BCUT2D eigenvalue weighted by molar-refractivity contribution is -0.125. The number of methoxy groups -OCH3 is 1. The zero-order valence-corrected chi connectivity index (χ0v) is 17.4. The Morgan fingerprint density at radius 1 is 1.25 bits per heavy atom. The number of ether oxygens (including phenoxy) is 3. The average Bonchev–Trinajstić information content (AvgIpc) is 2.90. The molecule has 0 radical (unpaired) electrons. The number of benzene rings is 1. The molecule has 0 aliphatic carbocycles. The van der Waals surface area contributed by atoms with Crippen molar-refractivity contribution < 1.29 is 32.2 Å². The van der Waals surface area contributed by atoms with Gasteiger partial charge in [0.05, 0.1) is 36.3 Å². The summed E-state index contributed by atoms with van der Waals surface area (Å²) in [6.07, 6.45) is 0.337. The summed E-state index contributed by atoms with van der Waals surface area (Å²) < 4.78 is 39.1. The first-order chi connectivity index (χ1) is 13.0. The van der Waals surface area contributed by atoms with E-state index in [1.807, 2.05) is 13.8 Å². The Balaban J connectivity index is 1.92. The molecule has 8 nitrogen and oxygen atoms in total. The first-order valence-electron chi connectivity index (χ1n) is 9.03. The number of carbonyl (C=O) groups excluding carboxylic acids is 2. The molecule has 28 heavy (non-hydrogen) atoms. The molecule has 1 fully saturated rings. The predicted molar refractivity (Wildman–Crippen MR) is 103 cm³/mol. The molecule has 0 spiro atoms. The van der Waals surface area contributed by atoms with Crippen LogP contribution in [0.1, 0.15) is 37.6 Å². The monoisotopic (exact) mass is 413 g/mol. The summed E-state index contributed by atoms with van der Waals surface area (Å²) in [6, 6.07) is 4.63. The van der Waals surface area contributed by atoms with Gasteiger partial charge in [-0.05, 0) is 37.5 Å². The average molecular weight is 413 g/mol. The molecule has 1 heterocycles. The maximum Gasteiger partial charge on any atom is 0.338 e. The molecule has 1 aromatic carbocycles. The van der Waals surface area contributed by atoms with Crippen LogP contribution in [-0.2, 0) is 19.4 Å². The van der Waals surface area contributed by atoms with Crippen LogP contribution >= 0.6 is 0 Å². The van der Waals surface area contributed by atoms with Crippen LogP contribution in [0.15, 0.2) is 18.2 Å². The maximum absolute atomic E-state index is 12.2. The van der Waals surface area contributed by atoms with Crippen molar-refractivity contribution in [2.45, 2.75) is 32.7 Å². The molecule has 1 unspecified atom stereocenters. The highest BCUT2D eigenvalue weighted by Crippen LogP contribution is 2.29. The molecule has 1 aliphatic heterocycles. The van der Waals surface area contributed by atoms with Crippen LogP contribution in [0.4, 0.5) is 0 Å². The molecule has 2 rings (SSSR count). The standard InChI is InChI=1S/C19H27NO7S/c1-13(2)10-26-15-6-5-14(9-16(15)25-4)18(22)27-11-17(21)20-19(3)7-8-28(23,24)12-19/h5-6,9,13H,7-8,10-12H2,1-4H3,(H,20,21). The summed E-state index contributed by atoms with van der Waals surface area (Å²) in [5.74, 6) is -0.0675. The van der Waals surface area contributed by atoms with Crippen molar-refractivity contribution in [3.8, 4) is 11.5 Å². The van der Waals surface area contributed by atoms with E-state index in [0.717, 1.165) is 0 Å². The number of amides is 1. The van der Waals surface area contributed by atoms with Crippen LogP contribution in [0.3, 0.4) is 0 Å². The molecule has 1 aliphatic rings. The largest absolute Gasteiger partial charge is 0.493 e. The van der Waals surface area contributed by atoms with E-state index in [4.69, 9.17) is 14.2 Å². The summed E-state index contributed by atoms with van der Waals surface area (Å²) in [7, 11) is -1.68. The Kier molecular flexibility index (Phi) is 6.92. The highest BCUT2D eigenvalue weighted by molar-refractivity contribution is 7.91. The zero-order chi connectivity index (χ0) is 20.9. The van der Waals surface area contributed by atoms with Crippen LogP contribution in [0.25, 0.3) is 0 Å². The van der Waals surface area contributed by atoms with E-state index >= 15 is 0 Å². The third kappa shape index (κ3) is 6.12. The van der Waals surface area contributed by atoms with E-state index < -0.39 is 33.9 Å². The number of hydrogen-bond acceptors (Lipinski definition) is 7. The van der Waals surface area contributed by atoms with Gasteiger partial charge in [0, 0.05) is 0 Å². The van der Waals surface area contributed by atoms with Crippen LogP contribution in [0.5, 0.6) is 11.5 Å². The van der Waals surface area contributed by atoms with Crippen molar-refractivity contribution in [1.29, 1.82) is 0 Å². The molecule has 156 valence electrons. The highest BCUT2D eigenvalue weighted by atomic mass is 32.2. The van der Waals surface area contributed by atoms with Gasteiger partial charge in [-0.3, -0.25) is 4.79 Å². The molecule has 1 atom stereocenters. The number of carbonyl (C=O) groups is 2. The normalized spacial score (nSPS) is 20.6. The first-order valence-corrected chi connectivity index (χ1v) is 10.8. The first kappa shape index (κ1) is 22.0. The number of nitrogens with one attached hydrogen (secondary N) is 1. The fourth-order valence-corrected chi connectivity index (χ4v) is 4.96. The van der Waals surface area contributed by atoms with Gasteiger partial charge in [-0.1, -0.05) is 13.8 Å². The Bertz CT molecular complexity index is 835. The maximum atomic E-state index is 12.2. The molecule has 1 saturated heterocycles. The van der Waals surface area contributed by atoms with Gasteiger partial charge >= 0.3 is 5.97 Å². The molecule has 0 saturated carbocycles. The molecular weight excluding hydrogens is 386 g/mol. The molecule has 1 aromatic rings. The minimum atomic E-state index is -3.14. The number of rotatable bonds is 8. The minimum Gasteiger partial charge on any atom is -0.493 e. The van der Waals surface area contributed by atoms with Gasteiger partial charge in [-0.15, -0.1) is 0 Å². The quantitative estimate of drug-likeness (QED) is 0.645. The van der Waals surface area contributed by atoms with E-state index in [-0.39, 0.29) is 17.1 Å². The highest BCUT2D eigenvalue weighted by Gasteiger charge is 2.39. The van der Waals surface area contributed by atoms with E-state index in [9.17, 15) is 18.0 Å². The topological polar surface area (TPSA) is 108 Å². The number of sulfone groups is 1. The van der Waals surface area contributed by atoms with Crippen LogP contribution in [-0.4, -0.2) is 57.7 Å². The molecule has 1 N–H and O–H groups in total. The third-order valence-corrected chi connectivity index (χ3v) is 6.15. The summed E-state index contributed by atoms with van der Waals surface area (Å²) >= 11 is 0. The summed E-state index contributed by atoms with van der Waals surface area (Å²) in [5.41, 5.74) is -0.614. The molecule has 1 amide bonds. The lowest BCUT2D eigenvalue weighted by Crippen LogP contribution is -2.48. The van der Waals surface area contributed by atoms with E-state index in [1.54, 1.807) is 13.0 Å². The van der Waals surface area contributed by atoms with E-state index in [1.165, 1.54) is 19.2 Å². The zero-order valence-electron chi connectivity index (χ0n) is 16.6. The second-order valence-electron chi connectivity index (χ2n) is 7.60. The minimum absolute atomic E-state index is 0.0363. The van der Waals surface area contributed by atoms with E-state index in [0.29, 0.717) is 30.4 Å². The van der Waals surface area contributed by atoms with Crippen molar-refractivity contribution in [2.75, 3.05) is 31.8 Å². The van der Waals surface area contributed by atoms with Crippen molar-refractivity contribution in [2.24, 2.45) is 5.92 Å². The molecule has 0 aromatic heterocycles. The second-order valence-corrected chi connectivity index (χ2v) is 9.78. The summed E-state index contributed by atoms with van der Waals surface area (Å²) in [6.45, 7) is 5.71. The SMILES string of the molecule is COc1cc(C(=O)OCC(=O)NC2(C)CCS(=O)(=O)C2)ccc1OCC(C)C. The van der Waals surface area contributed by atoms with Gasteiger partial charge < -0.3 is 19.5 Å². The fourth-order valence-electron chi connectivity index (χ4n) is 2.87. The summed E-state index contributed by atoms with van der Waals surface area (Å²) in [5, 5.41) is 2.64. The van der Waals surface area contributed by atoms with Crippen molar-refractivity contribution in [3.63, 3.8) is 0 Å². The molecular formula is C19H27NO7S. The number of hydrogen-bond donors (Lipinski definition) is 1. The van der Waals surface area contributed by atoms with Crippen LogP contribution in [0.2, 0.25) is 0 Å². The van der Waals surface area contributed by atoms with Gasteiger partial charge in [0.15, 0.2) is 27.9 Å². The van der Waals surface area contributed by atoms with Crippen molar-refractivity contribution in [3.05, 3.63) is 23.8 Å². The second kappa shape index (κ2) is 8.81. The van der Waals surface area contributed by atoms with Gasteiger partial charge in [0.25, 0.3) is 5.91 Å². The van der Waals surface area contributed by atoms with Crippen molar-refractivity contribution >= 4 is 21.7 Å². The van der Waals surface area contributed by atoms with Crippen LogP contribution < -0.4 is 14.8 Å². The van der Waals surface area contributed by atoms with Gasteiger partial charge in [-0.2, -0.15) is 0 Å². The van der Waals surface area contributed by atoms with Crippen molar-refractivity contribution in [1.82, 2.24) is 5.32 Å². The number of esters is 1. The lowest BCUT2D eigenvalue weighted by Gasteiger charge is -2.23. The Morgan fingerprint density at radius 3 is 2.54 bits per heavy atom. The third-order valence-electron chi connectivity index (χ3n) is 4.25. The fraction of sp³-hybridized carbons (Fsp3) is 0.579. The lowest BCUT2D eigenvalue weighted by atomic mass is 10.0. The van der Waals surface area contributed by atoms with Gasteiger partial charge in [0.1, 0.15) is 0 Å². The van der Waals surface area contributed by atoms with Gasteiger partial charge in [-0.25, -0.2) is 13.2 Å².